The number of carbonyl (C=O) groups excluding carboxylic acids is 1. The van der Waals surface area contributed by atoms with Gasteiger partial charge in [-0.3, -0.25) is 9.69 Å². The summed E-state index contributed by atoms with van der Waals surface area (Å²) < 4.78 is 33.3. The monoisotopic (exact) mass is 351 g/mol. The first-order chi connectivity index (χ1) is 12.0. The normalized spacial score (nSPS) is 29.5. The lowest BCUT2D eigenvalue weighted by Gasteiger charge is -2.45. The molecule has 2 saturated heterocycles. The van der Waals surface area contributed by atoms with Gasteiger partial charge in [-0.25, -0.2) is 18.3 Å². The van der Waals surface area contributed by atoms with Crippen molar-refractivity contribution in [1.82, 2.24) is 24.5 Å². The average molecular weight is 351 g/mol. The lowest BCUT2D eigenvalue weighted by molar-refractivity contribution is -0.152. The van der Waals surface area contributed by atoms with Gasteiger partial charge in [0.1, 0.15) is 17.4 Å². The molecule has 2 aromatic rings. The maximum absolute atomic E-state index is 13.4. The molecule has 9 heteroatoms. The molecule has 3 unspecified atom stereocenters. The zero-order valence-electron chi connectivity index (χ0n) is 14.0. The molecule has 0 N–H and O–H groups in total. The second kappa shape index (κ2) is 5.69. The van der Waals surface area contributed by atoms with Crippen LogP contribution in [0.1, 0.15) is 43.5 Å². The fraction of sp³-hybridized carbons (Fsp3) is 0.625. The van der Waals surface area contributed by atoms with Crippen LogP contribution in [0.4, 0.5) is 8.78 Å². The van der Waals surface area contributed by atoms with Crippen molar-refractivity contribution in [2.24, 2.45) is 0 Å². The molecule has 4 rings (SSSR count). The number of ether oxygens (including phenoxy) is 1. The third-order valence-electron chi connectivity index (χ3n) is 5.78. The molecule has 134 valence electrons. The summed E-state index contributed by atoms with van der Waals surface area (Å²) in [6, 6.07) is 1.57. The molecule has 0 spiro atoms. The molecule has 2 aliphatic heterocycles. The Hall–Kier alpha value is -2.16. The number of methoxy groups -OCH3 is 1. The molecular weight excluding hydrogens is 332 g/mol. The summed E-state index contributed by atoms with van der Waals surface area (Å²) in [4.78, 5) is 22.9. The molecule has 2 bridgehead atoms. The number of hydrogen-bond donors (Lipinski definition) is 0. The summed E-state index contributed by atoms with van der Waals surface area (Å²) in [6.07, 6.45) is 1.61. The smallest absolute Gasteiger partial charge is 0.319 e. The van der Waals surface area contributed by atoms with E-state index in [4.69, 9.17) is 4.74 Å². The summed E-state index contributed by atoms with van der Waals surface area (Å²) in [6.45, 7) is 0. The zero-order chi connectivity index (χ0) is 17.8. The molecular formula is C16H19F2N5O2. The van der Waals surface area contributed by atoms with Crippen LogP contribution in [0.3, 0.4) is 0 Å². The minimum absolute atomic E-state index is 0.0684. The van der Waals surface area contributed by atoms with Gasteiger partial charge < -0.3 is 4.74 Å². The highest BCUT2D eigenvalue weighted by Gasteiger charge is 2.58. The van der Waals surface area contributed by atoms with E-state index in [1.807, 2.05) is 7.05 Å². The highest BCUT2D eigenvalue weighted by molar-refractivity contribution is 5.84. The van der Waals surface area contributed by atoms with E-state index in [0.717, 1.165) is 19.3 Å². The first-order valence-corrected chi connectivity index (χ1v) is 8.28. The maximum Gasteiger partial charge on any atom is 0.319 e. The van der Waals surface area contributed by atoms with Crippen LogP contribution in [0.25, 0.3) is 5.78 Å². The van der Waals surface area contributed by atoms with Crippen LogP contribution in [-0.4, -0.2) is 56.7 Å². The number of likely N-dealkylation sites (N-methyl/N-ethyl adjacent to an activating group) is 1. The average Bonchev–Trinajstić information content (AvgIpc) is 3.16. The molecule has 3 atom stereocenters. The van der Waals surface area contributed by atoms with Crippen molar-refractivity contribution >= 4 is 11.7 Å². The van der Waals surface area contributed by atoms with Crippen molar-refractivity contribution in [2.75, 3.05) is 14.2 Å². The fourth-order valence-electron chi connectivity index (χ4n) is 4.60. The minimum atomic E-state index is -2.76. The number of aromatic nitrogens is 4. The standard InChI is InChI=1S/C16H19F2N5O2/c1-22-9-3-4-11(22)16(6-5-9,14(24)25-2)12-7-10(13(17)18)21-15-19-8-20-23(12)15/h7-9,11,13H,3-6H2,1-2H3. The van der Waals surface area contributed by atoms with Gasteiger partial charge >= 0.3 is 5.97 Å². The van der Waals surface area contributed by atoms with Gasteiger partial charge in [0.05, 0.1) is 12.8 Å². The first-order valence-electron chi connectivity index (χ1n) is 8.28. The maximum atomic E-state index is 13.4. The van der Waals surface area contributed by atoms with E-state index in [-0.39, 0.29) is 11.8 Å². The third-order valence-corrected chi connectivity index (χ3v) is 5.78. The van der Waals surface area contributed by atoms with Crippen molar-refractivity contribution in [3.05, 3.63) is 23.8 Å². The highest BCUT2D eigenvalue weighted by Crippen LogP contribution is 2.48. The molecule has 25 heavy (non-hydrogen) atoms. The number of carbonyl (C=O) groups is 1. The molecule has 2 aliphatic rings. The van der Waals surface area contributed by atoms with Crippen molar-refractivity contribution in [1.29, 1.82) is 0 Å². The Labute approximate surface area is 143 Å². The molecule has 0 saturated carbocycles. The Bertz CT molecular complexity index is 826. The molecule has 2 aromatic heterocycles. The summed E-state index contributed by atoms with van der Waals surface area (Å²) in [5.74, 6) is -0.355. The largest absolute Gasteiger partial charge is 0.468 e. The van der Waals surface area contributed by atoms with Gasteiger partial charge in [-0.1, -0.05) is 0 Å². The number of alkyl halides is 2. The SMILES string of the molecule is COC(=O)C1(c2cc(C(F)F)nc3ncnn23)CCC2CCC1N2C. The number of fused-ring (bicyclic) bond motifs is 3. The first kappa shape index (κ1) is 16.3. The second-order valence-electron chi connectivity index (χ2n) is 6.75. The Kier molecular flexibility index (Phi) is 3.71. The zero-order valence-corrected chi connectivity index (χ0v) is 14.0. The molecule has 2 fully saturated rings. The number of rotatable bonds is 3. The molecule has 0 aromatic carbocycles. The number of halogens is 2. The van der Waals surface area contributed by atoms with E-state index in [1.165, 1.54) is 24.0 Å². The predicted molar refractivity (Wildman–Crippen MR) is 83.2 cm³/mol. The number of piperidine rings is 1. The third kappa shape index (κ3) is 2.18. The summed E-state index contributed by atoms with van der Waals surface area (Å²) >= 11 is 0. The second-order valence-corrected chi connectivity index (χ2v) is 6.75. The van der Waals surface area contributed by atoms with Crippen molar-refractivity contribution < 1.29 is 18.3 Å². The summed E-state index contributed by atoms with van der Waals surface area (Å²) in [5, 5.41) is 4.14. The van der Waals surface area contributed by atoms with E-state index in [0.29, 0.717) is 18.2 Å². The van der Waals surface area contributed by atoms with Crippen molar-refractivity contribution in [2.45, 2.75) is 49.6 Å². The Morgan fingerprint density at radius 2 is 2.20 bits per heavy atom. The van der Waals surface area contributed by atoms with Gasteiger partial charge in [-0.05, 0) is 38.8 Å². The van der Waals surface area contributed by atoms with Gasteiger partial charge in [0.15, 0.2) is 0 Å². The van der Waals surface area contributed by atoms with E-state index < -0.39 is 23.5 Å². The summed E-state index contributed by atoms with van der Waals surface area (Å²) in [5.41, 5.74) is -1.08. The Morgan fingerprint density at radius 3 is 2.92 bits per heavy atom. The lowest BCUT2D eigenvalue weighted by atomic mass is 9.71. The number of hydrogen-bond acceptors (Lipinski definition) is 6. The number of nitrogens with zero attached hydrogens (tertiary/aromatic N) is 5. The van der Waals surface area contributed by atoms with Crippen molar-refractivity contribution in [3.63, 3.8) is 0 Å². The Morgan fingerprint density at radius 1 is 1.40 bits per heavy atom. The molecule has 0 radical (unpaired) electrons. The van der Waals surface area contributed by atoms with Gasteiger partial charge in [-0.2, -0.15) is 10.1 Å². The van der Waals surface area contributed by atoms with Crippen LogP contribution < -0.4 is 0 Å². The van der Waals surface area contributed by atoms with Gasteiger partial charge in [0, 0.05) is 12.1 Å². The van der Waals surface area contributed by atoms with Gasteiger partial charge in [0.25, 0.3) is 12.2 Å². The predicted octanol–water partition coefficient (Wildman–Crippen LogP) is 1.73. The van der Waals surface area contributed by atoms with Crippen LogP contribution in [0, 0.1) is 0 Å². The highest BCUT2D eigenvalue weighted by atomic mass is 19.3. The van der Waals surface area contributed by atoms with E-state index in [2.05, 4.69) is 20.0 Å². The molecule has 4 heterocycles. The number of esters is 1. The lowest BCUT2D eigenvalue weighted by Crippen LogP contribution is -2.57. The topological polar surface area (TPSA) is 72.6 Å². The minimum Gasteiger partial charge on any atom is -0.468 e. The van der Waals surface area contributed by atoms with Crippen LogP contribution in [0.15, 0.2) is 12.4 Å². The van der Waals surface area contributed by atoms with Crippen LogP contribution in [0.2, 0.25) is 0 Å². The van der Waals surface area contributed by atoms with E-state index in [1.54, 1.807) is 0 Å². The van der Waals surface area contributed by atoms with E-state index in [9.17, 15) is 13.6 Å². The molecule has 7 nitrogen and oxygen atoms in total. The van der Waals surface area contributed by atoms with E-state index >= 15 is 0 Å². The molecule has 0 amide bonds. The fourth-order valence-corrected chi connectivity index (χ4v) is 4.60. The molecule has 0 aliphatic carbocycles. The van der Waals surface area contributed by atoms with Gasteiger partial charge in [0.2, 0.25) is 0 Å². The van der Waals surface area contributed by atoms with Crippen LogP contribution in [-0.2, 0) is 14.9 Å². The van der Waals surface area contributed by atoms with Crippen molar-refractivity contribution in [3.8, 4) is 0 Å². The van der Waals surface area contributed by atoms with Gasteiger partial charge in [-0.15, -0.1) is 0 Å². The Balaban J connectivity index is 1.99. The quantitative estimate of drug-likeness (QED) is 0.784. The summed E-state index contributed by atoms with van der Waals surface area (Å²) in [7, 11) is 3.31. The van der Waals surface area contributed by atoms with Crippen LogP contribution >= 0.6 is 0 Å². The van der Waals surface area contributed by atoms with Crippen LogP contribution in [0.5, 0.6) is 0 Å².